The van der Waals surface area contributed by atoms with Crippen molar-refractivity contribution in [2.45, 2.75) is 33.4 Å². The molecule has 0 spiro atoms. The number of halogens is 3. The highest BCUT2D eigenvalue weighted by Crippen LogP contribution is 2.62. The molecule has 0 saturated heterocycles. The molecule has 0 aromatic carbocycles. The highest BCUT2D eigenvalue weighted by atomic mass is 19.4. The average molecular weight is 195 g/mol. The van der Waals surface area contributed by atoms with Crippen LogP contribution in [0.5, 0.6) is 0 Å². The summed E-state index contributed by atoms with van der Waals surface area (Å²) in [6.07, 6.45) is -3.08. The summed E-state index contributed by atoms with van der Waals surface area (Å²) >= 11 is 0. The summed E-state index contributed by atoms with van der Waals surface area (Å²) < 4.78 is 35.3. The molecule has 0 radical (unpaired) electrons. The summed E-state index contributed by atoms with van der Waals surface area (Å²) in [5.41, 5.74) is 0.254. The van der Waals surface area contributed by atoms with Crippen molar-refractivity contribution in [3.63, 3.8) is 0 Å². The summed E-state index contributed by atoms with van der Waals surface area (Å²) in [7, 11) is 0. The second kappa shape index (κ2) is 2.87. The molecule has 0 aromatic rings. The van der Waals surface area contributed by atoms with Crippen LogP contribution in [0.2, 0.25) is 0 Å². The molecule has 13 heavy (non-hydrogen) atoms. The standard InChI is InChI=1S/C9H16F3N/c1-7(2)4-8(7,3)5-13-6-9(10,11)12/h13H,4-6H2,1-3H3/t8-/m1/s1. The first-order chi connectivity index (χ1) is 5.66. The summed E-state index contributed by atoms with van der Waals surface area (Å²) in [5.74, 6) is 0. The van der Waals surface area contributed by atoms with Crippen LogP contribution in [-0.4, -0.2) is 19.3 Å². The van der Waals surface area contributed by atoms with Crippen molar-refractivity contribution >= 4 is 0 Å². The van der Waals surface area contributed by atoms with Gasteiger partial charge in [0, 0.05) is 6.54 Å². The molecule has 0 amide bonds. The van der Waals surface area contributed by atoms with E-state index >= 15 is 0 Å². The van der Waals surface area contributed by atoms with Gasteiger partial charge in [0.1, 0.15) is 0 Å². The van der Waals surface area contributed by atoms with Crippen molar-refractivity contribution in [3.05, 3.63) is 0 Å². The Hall–Kier alpha value is -0.250. The van der Waals surface area contributed by atoms with Gasteiger partial charge < -0.3 is 5.32 Å². The normalized spacial score (nSPS) is 31.8. The number of nitrogens with one attached hydrogen (secondary N) is 1. The maximum Gasteiger partial charge on any atom is 0.401 e. The van der Waals surface area contributed by atoms with E-state index in [-0.39, 0.29) is 10.8 Å². The summed E-state index contributed by atoms with van der Waals surface area (Å²) in [6.45, 7) is 5.78. The van der Waals surface area contributed by atoms with E-state index in [1.54, 1.807) is 0 Å². The van der Waals surface area contributed by atoms with Crippen LogP contribution in [0.3, 0.4) is 0 Å². The van der Waals surface area contributed by atoms with Crippen LogP contribution in [0.25, 0.3) is 0 Å². The number of alkyl halides is 3. The second-order valence-electron chi connectivity index (χ2n) is 4.84. The van der Waals surface area contributed by atoms with Crippen LogP contribution in [-0.2, 0) is 0 Å². The van der Waals surface area contributed by atoms with Gasteiger partial charge >= 0.3 is 6.18 Å². The fraction of sp³-hybridized carbons (Fsp3) is 1.00. The van der Waals surface area contributed by atoms with Gasteiger partial charge in [0.2, 0.25) is 0 Å². The van der Waals surface area contributed by atoms with Gasteiger partial charge in [-0.05, 0) is 17.3 Å². The van der Waals surface area contributed by atoms with Crippen molar-refractivity contribution in [2.75, 3.05) is 13.1 Å². The van der Waals surface area contributed by atoms with E-state index in [4.69, 9.17) is 0 Å². The van der Waals surface area contributed by atoms with Crippen molar-refractivity contribution in [1.29, 1.82) is 0 Å². The van der Waals surface area contributed by atoms with E-state index in [0.717, 1.165) is 6.42 Å². The van der Waals surface area contributed by atoms with E-state index in [2.05, 4.69) is 19.2 Å². The minimum atomic E-state index is -4.09. The van der Waals surface area contributed by atoms with E-state index in [1.807, 2.05) is 6.92 Å². The molecule has 78 valence electrons. The van der Waals surface area contributed by atoms with Crippen molar-refractivity contribution < 1.29 is 13.2 Å². The van der Waals surface area contributed by atoms with E-state index in [9.17, 15) is 13.2 Å². The monoisotopic (exact) mass is 195 g/mol. The SMILES string of the molecule is CC1(C)C[C@]1(C)CNCC(F)(F)F. The van der Waals surface area contributed by atoms with Gasteiger partial charge in [-0.15, -0.1) is 0 Å². The average Bonchev–Trinajstić information content (AvgIpc) is 2.27. The third-order valence-corrected chi connectivity index (χ3v) is 3.18. The molecule has 1 saturated carbocycles. The molecule has 4 heteroatoms. The molecule has 0 heterocycles. The third kappa shape index (κ3) is 2.59. The predicted octanol–water partition coefficient (Wildman–Crippen LogP) is 2.57. The summed E-state index contributed by atoms with van der Waals surface area (Å²) in [4.78, 5) is 0. The molecule has 1 nitrogen and oxygen atoms in total. The van der Waals surface area contributed by atoms with E-state index < -0.39 is 12.7 Å². The lowest BCUT2D eigenvalue weighted by atomic mass is 9.98. The van der Waals surface area contributed by atoms with Crippen LogP contribution in [0.4, 0.5) is 13.2 Å². The summed E-state index contributed by atoms with van der Waals surface area (Å²) in [6, 6.07) is 0. The predicted molar refractivity (Wildman–Crippen MR) is 45.4 cm³/mol. The van der Waals surface area contributed by atoms with Crippen molar-refractivity contribution in [3.8, 4) is 0 Å². The zero-order valence-electron chi connectivity index (χ0n) is 8.26. The van der Waals surface area contributed by atoms with E-state index in [0.29, 0.717) is 6.54 Å². The van der Waals surface area contributed by atoms with Crippen LogP contribution >= 0.6 is 0 Å². The zero-order chi connectivity index (χ0) is 10.3. The smallest absolute Gasteiger partial charge is 0.308 e. The van der Waals surface area contributed by atoms with Gasteiger partial charge in [0.05, 0.1) is 6.54 Å². The fourth-order valence-corrected chi connectivity index (χ4v) is 1.71. The van der Waals surface area contributed by atoms with Crippen LogP contribution in [0, 0.1) is 10.8 Å². The Morgan fingerprint density at radius 3 is 2.00 bits per heavy atom. The highest BCUT2D eigenvalue weighted by Gasteiger charge is 2.56. The van der Waals surface area contributed by atoms with Gasteiger partial charge in [-0.3, -0.25) is 0 Å². The Labute approximate surface area is 76.7 Å². The Kier molecular flexibility index (Phi) is 2.39. The van der Waals surface area contributed by atoms with Gasteiger partial charge in [-0.2, -0.15) is 13.2 Å². The largest absolute Gasteiger partial charge is 0.401 e. The minimum absolute atomic E-state index is 0.0538. The molecular formula is C9H16F3N. The first kappa shape index (κ1) is 10.8. The number of rotatable bonds is 3. The van der Waals surface area contributed by atoms with Crippen LogP contribution in [0.15, 0.2) is 0 Å². The quantitative estimate of drug-likeness (QED) is 0.729. The Balaban J connectivity index is 2.22. The van der Waals surface area contributed by atoms with Gasteiger partial charge in [0.25, 0.3) is 0 Å². The van der Waals surface area contributed by atoms with Gasteiger partial charge in [-0.25, -0.2) is 0 Å². The van der Waals surface area contributed by atoms with Crippen molar-refractivity contribution in [2.24, 2.45) is 10.8 Å². The summed E-state index contributed by atoms with van der Waals surface area (Å²) in [5, 5.41) is 2.46. The molecular weight excluding hydrogens is 179 g/mol. The van der Waals surface area contributed by atoms with Crippen LogP contribution in [0.1, 0.15) is 27.2 Å². The molecule has 0 aliphatic heterocycles. The molecule has 1 rings (SSSR count). The molecule has 1 fully saturated rings. The van der Waals surface area contributed by atoms with Crippen LogP contribution < -0.4 is 5.32 Å². The lowest BCUT2D eigenvalue weighted by molar-refractivity contribution is -0.125. The minimum Gasteiger partial charge on any atom is -0.308 e. The Bertz CT molecular complexity index is 198. The Morgan fingerprint density at radius 2 is 1.69 bits per heavy atom. The number of hydrogen-bond donors (Lipinski definition) is 1. The molecule has 0 unspecified atom stereocenters. The van der Waals surface area contributed by atoms with Gasteiger partial charge in [0.15, 0.2) is 0 Å². The maximum absolute atomic E-state index is 11.8. The molecule has 0 bridgehead atoms. The number of hydrogen-bond acceptors (Lipinski definition) is 1. The lowest BCUT2D eigenvalue weighted by Gasteiger charge is -2.16. The highest BCUT2D eigenvalue weighted by molar-refractivity contribution is 5.07. The second-order valence-corrected chi connectivity index (χ2v) is 4.84. The Morgan fingerprint density at radius 1 is 1.23 bits per heavy atom. The molecule has 0 aromatic heterocycles. The molecule has 1 atom stereocenters. The third-order valence-electron chi connectivity index (χ3n) is 3.18. The molecule has 1 aliphatic rings. The lowest BCUT2D eigenvalue weighted by Crippen LogP contribution is -2.33. The first-order valence-electron chi connectivity index (χ1n) is 4.44. The first-order valence-corrected chi connectivity index (χ1v) is 4.44. The fourth-order valence-electron chi connectivity index (χ4n) is 1.71. The molecule has 1 N–H and O–H groups in total. The zero-order valence-corrected chi connectivity index (χ0v) is 8.26. The molecule has 1 aliphatic carbocycles. The maximum atomic E-state index is 11.8. The topological polar surface area (TPSA) is 12.0 Å². The van der Waals surface area contributed by atoms with Gasteiger partial charge in [-0.1, -0.05) is 20.8 Å². The van der Waals surface area contributed by atoms with E-state index in [1.165, 1.54) is 0 Å². The van der Waals surface area contributed by atoms with Crippen molar-refractivity contribution in [1.82, 2.24) is 5.32 Å².